The quantitative estimate of drug-likeness (QED) is 0.149. The molecule has 20 rings (SSSR count). The van der Waals surface area contributed by atoms with Crippen LogP contribution in [0.4, 0.5) is 0 Å². The molecule has 0 N–H and O–H groups in total. The van der Waals surface area contributed by atoms with Gasteiger partial charge in [-0.05, 0) is 192 Å². The van der Waals surface area contributed by atoms with Gasteiger partial charge in [0.05, 0.1) is 0 Å². The summed E-state index contributed by atoms with van der Waals surface area (Å²) in [5, 5.41) is 21.6. The van der Waals surface area contributed by atoms with Crippen LogP contribution in [-0.2, 0) is 0 Å². The lowest BCUT2D eigenvalue weighted by Gasteiger charge is -2.19. The molecule has 0 amide bonds. The summed E-state index contributed by atoms with van der Waals surface area (Å²) in [4.78, 5) is 9.63. The Morgan fingerprint density at radius 2 is 0.479 bits per heavy atom. The lowest BCUT2D eigenvalue weighted by molar-refractivity contribution is 0.668. The van der Waals surface area contributed by atoms with Gasteiger partial charge in [0, 0.05) is 45.1 Å². The van der Waals surface area contributed by atoms with Gasteiger partial charge in [0.25, 0.3) is 0 Å². The molecular weight excluding hydrogens is 1170 g/mol. The Morgan fingerprint density at radius 1 is 0.177 bits per heavy atom. The van der Waals surface area contributed by atoms with E-state index in [1.807, 2.05) is 48.8 Å². The molecule has 0 aliphatic rings. The molecule has 0 saturated carbocycles. The standard InChI is InChI=1S/C55H33NO.C37H23NO/c1-3-11-36-30-42(22-17-34(36)9-1)52-46-14-5-6-15-47(46)53(43-23-18-35-10-2-4-12-37(35)31-43)50-33-41(25-26-48(50)52)39-19-20-40-32-44(24-21-38(40)29-39)54-55-49(27-28-56-54)45-13-7-8-16-51(45)57-55;1-3-11-24(12-4-1)34-28-16-7-8-17-29(28)35(25-13-5-2-6-14-25)32-23-26(19-20-30(32)34)36-37-31(21-22-38-36)27-15-9-10-18-33(27)39-37/h1-33H;1-23H. The van der Waals surface area contributed by atoms with Crippen LogP contribution in [0, 0.1) is 0 Å². The van der Waals surface area contributed by atoms with Crippen LogP contribution in [-0.4, -0.2) is 9.97 Å². The summed E-state index contributed by atoms with van der Waals surface area (Å²) in [7, 11) is 0. The maximum absolute atomic E-state index is 6.37. The fourth-order valence-corrected chi connectivity index (χ4v) is 15.1. The van der Waals surface area contributed by atoms with Crippen molar-refractivity contribution in [1.82, 2.24) is 9.97 Å². The largest absolute Gasteiger partial charge is 0.454 e. The van der Waals surface area contributed by atoms with Crippen molar-refractivity contribution < 1.29 is 8.83 Å². The zero-order valence-electron chi connectivity index (χ0n) is 52.0. The van der Waals surface area contributed by atoms with Crippen molar-refractivity contribution >= 4 is 119 Å². The van der Waals surface area contributed by atoms with E-state index in [2.05, 4.69) is 291 Å². The van der Waals surface area contributed by atoms with Crippen LogP contribution in [0.2, 0.25) is 0 Å². The summed E-state index contributed by atoms with van der Waals surface area (Å²) in [6.07, 6.45) is 3.77. The monoisotopic (exact) mass is 1220 g/mol. The first kappa shape index (κ1) is 54.9. The Morgan fingerprint density at radius 3 is 0.990 bits per heavy atom. The maximum Gasteiger partial charge on any atom is 0.161 e. The molecule has 0 aliphatic heterocycles. The van der Waals surface area contributed by atoms with Crippen LogP contribution in [0.5, 0.6) is 0 Å². The van der Waals surface area contributed by atoms with Crippen molar-refractivity contribution in [2.75, 3.05) is 0 Å². The fraction of sp³-hybridized carbons (Fsp3) is 0. The van der Waals surface area contributed by atoms with E-state index < -0.39 is 0 Å². The van der Waals surface area contributed by atoms with Gasteiger partial charge in [-0.1, -0.05) is 267 Å². The number of pyridine rings is 2. The first-order valence-electron chi connectivity index (χ1n) is 32.7. The highest BCUT2D eigenvalue weighted by Gasteiger charge is 2.22. The number of nitrogens with zero attached hydrogens (tertiary/aromatic N) is 2. The number of hydrogen-bond acceptors (Lipinski definition) is 4. The van der Waals surface area contributed by atoms with Crippen LogP contribution >= 0.6 is 0 Å². The number of benzene rings is 16. The van der Waals surface area contributed by atoms with Gasteiger partial charge in [-0.25, -0.2) is 0 Å². The van der Waals surface area contributed by atoms with Gasteiger partial charge in [0.2, 0.25) is 0 Å². The van der Waals surface area contributed by atoms with Crippen molar-refractivity contribution in [3.05, 3.63) is 340 Å². The first-order chi connectivity index (χ1) is 47.6. The molecule has 16 aromatic carbocycles. The zero-order valence-corrected chi connectivity index (χ0v) is 52.0. The Hall–Kier alpha value is -12.8. The smallest absolute Gasteiger partial charge is 0.161 e. The first-order valence-corrected chi connectivity index (χ1v) is 32.7. The molecule has 0 aliphatic carbocycles. The van der Waals surface area contributed by atoms with E-state index >= 15 is 0 Å². The van der Waals surface area contributed by atoms with E-state index in [1.165, 1.54) is 126 Å². The van der Waals surface area contributed by atoms with E-state index in [9.17, 15) is 0 Å². The Labute approximate surface area is 552 Å². The van der Waals surface area contributed by atoms with E-state index in [0.717, 1.165) is 71.8 Å². The van der Waals surface area contributed by atoms with E-state index in [1.54, 1.807) is 0 Å². The lowest BCUT2D eigenvalue weighted by Crippen LogP contribution is -1.92. The minimum atomic E-state index is 0.823. The number of hydrogen-bond donors (Lipinski definition) is 0. The molecule has 96 heavy (non-hydrogen) atoms. The second-order valence-corrected chi connectivity index (χ2v) is 25.0. The molecular formula is C92H56N2O2. The van der Waals surface area contributed by atoms with Gasteiger partial charge in [0.1, 0.15) is 22.6 Å². The number of para-hydroxylation sites is 2. The number of fused-ring (bicyclic) bond motifs is 13. The molecule has 4 heteroatoms. The third kappa shape index (κ3) is 9.14. The number of rotatable bonds is 7. The molecule has 446 valence electrons. The van der Waals surface area contributed by atoms with Gasteiger partial charge in [0.15, 0.2) is 11.2 Å². The van der Waals surface area contributed by atoms with Gasteiger partial charge >= 0.3 is 0 Å². The number of aromatic nitrogens is 2. The van der Waals surface area contributed by atoms with Crippen molar-refractivity contribution in [3.63, 3.8) is 0 Å². The summed E-state index contributed by atoms with van der Waals surface area (Å²) in [6.45, 7) is 0. The van der Waals surface area contributed by atoms with Crippen LogP contribution in [0.15, 0.2) is 349 Å². The molecule has 0 atom stereocenters. The summed E-state index contributed by atoms with van der Waals surface area (Å²) in [5.41, 5.74) is 19.4. The predicted octanol–water partition coefficient (Wildman–Crippen LogP) is 25.7. The van der Waals surface area contributed by atoms with Gasteiger partial charge < -0.3 is 8.83 Å². The highest BCUT2D eigenvalue weighted by atomic mass is 16.3. The molecule has 0 spiro atoms. The fourth-order valence-electron chi connectivity index (χ4n) is 15.1. The predicted molar refractivity (Wildman–Crippen MR) is 404 cm³/mol. The van der Waals surface area contributed by atoms with Gasteiger partial charge in [-0.3, -0.25) is 9.97 Å². The van der Waals surface area contributed by atoms with Crippen LogP contribution < -0.4 is 0 Å². The van der Waals surface area contributed by atoms with Crippen LogP contribution in [0.25, 0.3) is 197 Å². The molecule has 0 unspecified atom stereocenters. The molecule has 0 saturated heterocycles. The molecule has 20 aromatic rings. The van der Waals surface area contributed by atoms with E-state index in [4.69, 9.17) is 18.8 Å². The zero-order chi connectivity index (χ0) is 63.2. The summed E-state index contributed by atoms with van der Waals surface area (Å²) < 4.78 is 12.7. The molecule has 0 radical (unpaired) electrons. The van der Waals surface area contributed by atoms with Gasteiger partial charge in [-0.2, -0.15) is 0 Å². The van der Waals surface area contributed by atoms with Crippen LogP contribution in [0.1, 0.15) is 0 Å². The second-order valence-electron chi connectivity index (χ2n) is 25.0. The Kier molecular flexibility index (Phi) is 12.9. The van der Waals surface area contributed by atoms with Crippen molar-refractivity contribution in [2.45, 2.75) is 0 Å². The lowest BCUT2D eigenvalue weighted by atomic mass is 9.84. The minimum absolute atomic E-state index is 0.823. The Balaban J connectivity index is 0.000000145. The average molecular weight is 1220 g/mol. The maximum atomic E-state index is 6.37. The second kappa shape index (κ2) is 22.5. The Bertz CT molecular complexity index is 6520. The van der Waals surface area contributed by atoms with E-state index in [-0.39, 0.29) is 0 Å². The summed E-state index contributed by atoms with van der Waals surface area (Å²) >= 11 is 0. The highest BCUT2D eigenvalue weighted by Crippen LogP contribution is 2.49. The highest BCUT2D eigenvalue weighted by molar-refractivity contribution is 6.24. The molecule has 4 heterocycles. The molecule has 4 aromatic heterocycles. The molecule has 0 fully saturated rings. The molecule has 0 bridgehead atoms. The van der Waals surface area contributed by atoms with Crippen molar-refractivity contribution in [2.24, 2.45) is 0 Å². The van der Waals surface area contributed by atoms with E-state index in [0.29, 0.717) is 0 Å². The van der Waals surface area contributed by atoms with Crippen molar-refractivity contribution in [3.8, 4) is 78.1 Å². The summed E-state index contributed by atoms with van der Waals surface area (Å²) in [6, 6.07) is 118. The third-order valence-corrected chi connectivity index (χ3v) is 19.6. The van der Waals surface area contributed by atoms with Crippen LogP contribution in [0.3, 0.4) is 0 Å². The average Bonchev–Trinajstić information content (AvgIpc) is 0.970. The number of furan rings is 2. The third-order valence-electron chi connectivity index (χ3n) is 19.6. The minimum Gasteiger partial charge on any atom is -0.454 e. The molecule has 4 nitrogen and oxygen atoms in total. The van der Waals surface area contributed by atoms with Crippen molar-refractivity contribution in [1.29, 1.82) is 0 Å². The normalized spacial score (nSPS) is 11.8. The SMILES string of the molecule is c1ccc(-c2c3ccccc3c(-c3ccccc3)c3cc(-c4nccc5c4oc4ccccc45)ccc23)cc1.c1ccc2cc(-c3c4ccccc4c(-c4ccc5ccccc5c4)c4cc(-c5ccc6cc(-c7nccc8c7oc7ccccc78)ccc6c5)ccc34)ccc2c1. The van der Waals surface area contributed by atoms with Gasteiger partial charge in [-0.15, -0.1) is 0 Å². The summed E-state index contributed by atoms with van der Waals surface area (Å²) in [5.74, 6) is 0. The topological polar surface area (TPSA) is 52.1 Å².